The van der Waals surface area contributed by atoms with Crippen LogP contribution in [0.2, 0.25) is 0 Å². The van der Waals surface area contributed by atoms with Gasteiger partial charge in [-0.25, -0.2) is 0 Å². The molecule has 0 unspecified atom stereocenters. The van der Waals surface area contributed by atoms with Crippen molar-refractivity contribution in [3.63, 3.8) is 0 Å². The smallest absolute Gasteiger partial charge is 0.187 e. The largest absolute Gasteiger partial charge is 0.293 e. The van der Waals surface area contributed by atoms with Crippen molar-refractivity contribution in [2.75, 3.05) is 13.1 Å². The zero-order valence-electron chi connectivity index (χ0n) is 12.4. The topological polar surface area (TPSA) is 20.3 Å². The van der Waals surface area contributed by atoms with Gasteiger partial charge in [-0.1, -0.05) is 26.7 Å². The number of Topliss-reactive ketones (excluding diaryl/α,β-unsaturated/α-hetero) is 1. The van der Waals surface area contributed by atoms with Gasteiger partial charge >= 0.3 is 0 Å². The van der Waals surface area contributed by atoms with Crippen LogP contribution in [0, 0.1) is 5.92 Å². The van der Waals surface area contributed by atoms with Crippen LogP contribution >= 0.6 is 27.3 Å². The molecule has 2 rings (SSSR count). The minimum Gasteiger partial charge on any atom is -0.293 e. The minimum absolute atomic E-state index is 0.266. The summed E-state index contributed by atoms with van der Waals surface area (Å²) in [6.45, 7) is 6.14. The molecule has 0 aliphatic heterocycles. The lowest BCUT2D eigenvalue weighted by Crippen LogP contribution is -2.38. The normalized spacial score (nSPS) is 16.4. The van der Waals surface area contributed by atoms with Gasteiger partial charge in [0.1, 0.15) is 0 Å². The summed E-state index contributed by atoms with van der Waals surface area (Å²) in [5.41, 5.74) is 0. The standard InChI is InChI=1S/C16H24BrNOS/c1-12(2)7-9-18(13-5-3-4-6-13)11-15(19)16-14(17)8-10-20-16/h8,10,12-13H,3-7,9,11H2,1-2H3. The number of hydrogen-bond acceptors (Lipinski definition) is 3. The van der Waals surface area contributed by atoms with E-state index < -0.39 is 0 Å². The van der Waals surface area contributed by atoms with Gasteiger partial charge in [0.15, 0.2) is 5.78 Å². The molecule has 1 aromatic heterocycles. The Hall–Kier alpha value is -0.190. The van der Waals surface area contributed by atoms with E-state index in [-0.39, 0.29) is 5.78 Å². The molecule has 2 nitrogen and oxygen atoms in total. The highest BCUT2D eigenvalue weighted by Gasteiger charge is 2.25. The molecule has 0 bridgehead atoms. The van der Waals surface area contributed by atoms with Crippen LogP contribution in [0.15, 0.2) is 15.9 Å². The number of thiophene rings is 1. The molecule has 0 atom stereocenters. The maximum atomic E-state index is 12.5. The molecule has 0 spiro atoms. The molecular weight excluding hydrogens is 334 g/mol. The number of carbonyl (C=O) groups is 1. The fourth-order valence-corrected chi connectivity index (χ4v) is 4.36. The third-order valence-corrected chi connectivity index (χ3v) is 5.93. The average Bonchev–Trinajstić information content (AvgIpc) is 3.04. The predicted octanol–water partition coefficient (Wildman–Crippen LogP) is 4.98. The lowest BCUT2D eigenvalue weighted by Gasteiger charge is -2.28. The lowest BCUT2D eigenvalue weighted by molar-refractivity contribution is 0.0889. The summed E-state index contributed by atoms with van der Waals surface area (Å²) in [6, 6.07) is 2.59. The molecule has 1 saturated carbocycles. The number of hydrogen-bond donors (Lipinski definition) is 0. The maximum absolute atomic E-state index is 12.5. The van der Waals surface area contributed by atoms with Crippen LogP contribution < -0.4 is 0 Å². The summed E-state index contributed by atoms with van der Waals surface area (Å²) in [5.74, 6) is 0.963. The van der Waals surface area contributed by atoms with E-state index in [1.54, 1.807) is 11.3 Å². The first kappa shape index (κ1) is 16.2. The van der Waals surface area contributed by atoms with Crippen LogP contribution in [0.3, 0.4) is 0 Å². The molecule has 0 saturated heterocycles. The zero-order chi connectivity index (χ0) is 14.5. The molecule has 0 radical (unpaired) electrons. The molecule has 0 aromatic carbocycles. The second kappa shape index (κ2) is 7.71. The average molecular weight is 358 g/mol. The highest BCUT2D eigenvalue weighted by molar-refractivity contribution is 9.10. The number of rotatable bonds is 7. The molecular formula is C16H24BrNOS. The Balaban J connectivity index is 1.99. The third kappa shape index (κ3) is 4.40. The van der Waals surface area contributed by atoms with E-state index in [1.165, 1.54) is 32.1 Å². The van der Waals surface area contributed by atoms with Crippen LogP contribution in [0.25, 0.3) is 0 Å². The van der Waals surface area contributed by atoms with Crippen molar-refractivity contribution in [2.24, 2.45) is 5.92 Å². The molecule has 1 aliphatic carbocycles. The van der Waals surface area contributed by atoms with Crippen molar-refractivity contribution in [1.29, 1.82) is 0 Å². The van der Waals surface area contributed by atoms with Gasteiger partial charge in [-0.15, -0.1) is 11.3 Å². The molecule has 1 heterocycles. The van der Waals surface area contributed by atoms with Crippen molar-refractivity contribution in [3.8, 4) is 0 Å². The number of nitrogens with zero attached hydrogens (tertiary/aromatic N) is 1. The minimum atomic E-state index is 0.266. The van der Waals surface area contributed by atoms with Crippen molar-refractivity contribution >= 4 is 33.0 Å². The van der Waals surface area contributed by atoms with Crippen LogP contribution in [0.5, 0.6) is 0 Å². The Labute approximate surface area is 134 Å². The number of halogens is 1. The van der Waals surface area contributed by atoms with Crippen LogP contribution in [0.1, 0.15) is 55.6 Å². The second-order valence-electron chi connectivity index (χ2n) is 6.11. The zero-order valence-corrected chi connectivity index (χ0v) is 14.8. The monoisotopic (exact) mass is 357 g/mol. The Bertz CT molecular complexity index is 437. The molecule has 1 fully saturated rings. The first-order valence-corrected chi connectivity index (χ1v) is 9.25. The quantitative estimate of drug-likeness (QED) is 0.641. The summed E-state index contributed by atoms with van der Waals surface area (Å²) < 4.78 is 0.947. The third-order valence-electron chi connectivity index (χ3n) is 4.05. The van der Waals surface area contributed by atoms with Crippen molar-refractivity contribution in [1.82, 2.24) is 4.90 Å². The van der Waals surface area contributed by atoms with Crippen molar-refractivity contribution in [2.45, 2.75) is 52.0 Å². The molecule has 4 heteroatoms. The fourth-order valence-electron chi connectivity index (χ4n) is 2.83. The molecule has 1 aliphatic rings. The van der Waals surface area contributed by atoms with Gasteiger partial charge in [0, 0.05) is 10.5 Å². The van der Waals surface area contributed by atoms with Gasteiger partial charge in [0.2, 0.25) is 0 Å². The van der Waals surface area contributed by atoms with Gasteiger partial charge in [0.25, 0.3) is 0 Å². The summed E-state index contributed by atoms with van der Waals surface area (Å²) in [5, 5.41) is 1.98. The van der Waals surface area contributed by atoms with Crippen LogP contribution in [-0.4, -0.2) is 29.8 Å². The Kier molecular flexibility index (Phi) is 6.24. The SMILES string of the molecule is CC(C)CCN(CC(=O)c1sccc1Br)C1CCCC1. The predicted molar refractivity (Wildman–Crippen MR) is 89.6 cm³/mol. The van der Waals surface area contributed by atoms with Crippen molar-refractivity contribution < 1.29 is 4.79 Å². The van der Waals surface area contributed by atoms with Crippen LogP contribution in [0.4, 0.5) is 0 Å². The molecule has 1 aromatic rings. The number of carbonyl (C=O) groups excluding carboxylic acids is 1. The van der Waals surface area contributed by atoms with Gasteiger partial charge < -0.3 is 0 Å². The Morgan fingerprint density at radius 1 is 1.45 bits per heavy atom. The first-order chi connectivity index (χ1) is 9.58. The summed E-state index contributed by atoms with van der Waals surface area (Å²) >= 11 is 5.02. The van der Waals surface area contributed by atoms with E-state index in [0.29, 0.717) is 18.5 Å². The van der Waals surface area contributed by atoms with E-state index in [1.807, 2.05) is 11.4 Å². The molecule has 20 heavy (non-hydrogen) atoms. The van der Waals surface area contributed by atoms with Gasteiger partial charge in [0.05, 0.1) is 11.4 Å². The van der Waals surface area contributed by atoms with Crippen molar-refractivity contribution in [3.05, 3.63) is 20.8 Å². The van der Waals surface area contributed by atoms with E-state index in [0.717, 1.165) is 15.9 Å². The number of ketones is 1. The van der Waals surface area contributed by atoms with E-state index in [2.05, 4.69) is 34.7 Å². The van der Waals surface area contributed by atoms with Gasteiger partial charge in [-0.3, -0.25) is 9.69 Å². The highest BCUT2D eigenvalue weighted by atomic mass is 79.9. The molecule has 112 valence electrons. The Morgan fingerprint density at radius 3 is 2.70 bits per heavy atom. The first-order valence-electron chi connectivity index (χ1n) is 7.58. The highest BCUT2D eigenvalue weighted by Crippen LogP contribution is 2.27. The maximum Gasteiger partial charge on any atom is 0.187 e. The summed E-state index contributed by atoms with van der Waals surface area (Å²) in [7, 11) is 0. The van der Waals surface area contributed by atoms with Gasteiger partial charge in [-0.05, 0) is 59.1 Å². The Morgan fingerprint density at radius 2 is 2.15 bits per heavy atom. The van der Waals surface area contributed by atoms with E-state index in [4.69, 9.17) is 0 Å². The molecule has 0 N–H and O–H groups in total. The summed E-state index contributed by atoms with van der Waals surface area (Å²) in [6.07, 6.45) is 6.34. The second-order valence-corrected chi connectivity index (χ2v) is 7.88. The summed E-state index contributed by atoms with van der Waals surface area (Å²) in [4.78, 5) is 15.8. The van der Waals surface area contributed by atoms with Crippen LogP contribution in [-0.2, 0) is 0 Å². The lowest BCUT2D eigenvalue weighted by atomic mass is 10.1. The fraction of sp³-hybridized carbons (Fsp3) is 0.688. The van der Waals surface area contributed by atoms with E-state index >= 15 is 0 Å². The van der Waals surface area contributed by atoms with Gasteiger partial charge in [-0.2, -0.15) is 0 Å². The molecule has 0 amide bonds. The van der Waals surface area contributed by atoms with E-state index in [9.17, 15) is 4.79 Å².